The topological polar surface area (TPSA) is 149 Å². The fraction of sp³-hybridized carbons (Fsp3) is 1.00. The first kappa shape index (κ1) is 35.9. The van der Waals surface area contributed by atoms with Crippen LogP contribution in [0.2, 0.25) is 0 Å². The van der Waals surface area contributed by atoms with Crippen molar-refractivity contribution in [1.29, 1.82) is 0 Å². The molecular formula is C27H50O15. The zero-order chi connectivity index (χ0) is 31.0. The zero-order valence-corrected chi connectivity index (χ0v) is 26.2. The van der Waals surface area contributed by atoms with Crippen molar-refractivity contribution >= 4 is 0 Å². The average Bonchev–Trinajstić information content (AvgIpc) is 3.00. The molecule has 3 aliphatic heterocycles. The van der Waals surface area contributed by atoms with Gasteiger partial charge in [0.1, 0.15) is 67.1 Å². The van der Waals surface area contributed by atoms with Gasteiger partial charge in [-0.3, -0.25) is 0 Å². The summed E-state index contributed by atoms with van der Waals surface area (Å²) >= 11 is 0. The van der Waals surface area contributed by atoms with Crippen LogP contribution in [0.5, 0.6) is 0 Å². The monoisotopic (exact) mass is 614 g/mol. The van der Waals surface area contributed by atoms with Gasteiger partial charge in [-0.25, -0.2) is 0 Å². The molecule has 0 saturated carbocycles. The number of ether oxygens (including phenoxy) is 14. The van der Waals surface area contributed by atoms with Crippen LogP contribution < -0.4 is 0 Å². The van der Waals surface area contributed by atoms with E-state index in [9.17, 15) is 5.11 Å². The van der Waals surface area contributed by atoms with Crippen LogP contribution in [0.4, 0.5) is 0 Å². The molecule has 0 aromatic rings. The lowest BCUT2D eigenvalue weighted by Gasteiger charge is -2.47. The minimum Gasteiger partial charge on any atom is -0.376 e. The van der Waals surface area contributed by atoms with E-state index in [-0.39, 0.29) is 25.4 Å². The van der Waals surface area contributed by atoms with Gasteiger partial charge >= 0.3 is 0 Å². The molecule has 0 aliphatic carbocycles. The Labute approximate surface area is 248 Å². The highest BCUT2D eigenvalue weighted by Crippen LogP contribution is 2.32. The van der Waals surface area contributed by atoms with Crippen molar-refractivity contribution in [2.75, 3.05) is 77.2 Å². The summed E-state index contributed by atoms with van der Waals surface area (Å²) in [7, 11) is 13.9. The number of rotatable bonds is 15. The number of aliphatic hydroxyl groups is 1. The van der Waals surface area contributed by atoms with E-state index in [2.05, 4.69) is 0 Å². The van der Waals surface area contributed by atoms with Crippen LogP contribution in [0.15, 0.2) is 0 Å². The van der Waals surface area contributed by atoms with Gasteiger partial charge in [0.2, 0.25) is 0 Å². The molecule has 248 valence electrons. The van der Waals surface area contributed by atoms with E-state index in [4.69, 9.17) is 66.3 Å². The second-order valence-corrected chi connectivity index (χ2v) is 10.3. The van der Waals surface area contributed by atoms with Gasteiger partial charge in [0.25, 0.3) is 0 Å². The molecule has 3 rings (SSSR count). The van der Waals surface area contributed by atoms with Gasteiger partial charge in [0.05, 0.1) is 19.3 Å². The summed E-state index contributed by atoms with van der Waals surface area (Å²) in [6.45, 7) is 1.90. The summed E-state index contributed by atoms with van der Waals surface area (Å²) in [6, 6.07) is 0. The van der Waals surface area contributed by atoms with Crippen LogP contribution in [0.25, 0.3) is 0 Å². The molecule has 15 heteroatoms. The normalized spacial score (nSPS) is 44.8. The van der Waals surface area contributed by atoms with Crippen LogP contribution in [0.3, 0.4) is 0 Å². The molecule has 0 aromatic carbocycles. The molecule has 15 atom stereocenters. The predicted molar refractivity (Wildman–Crippen MR) is 143 cm³/mol. The first-order valence-electron chi connectivity index (χ1n) is 13.9. The zero-order valence-electron chi connectivity index (χ0n) is 26.2. The summed E-state index contributed by atoms with van der Waals surface area (Å²) in [5.41, 5.74) is 0. The predicted octanol–water partition coefficient (Wildman–Crippen LogP) is -0.658. The third kappa shape index (κ3) is 7.61. The first-order chi connectivity index (χ1) is 20.3. The molecule has 3 aliphatic rings. The van der Waals surface area contributed by atoms with Crippen LogP contribution >= 0.6 is 0 Å². The van der Waals surface area contributed by atoms with Crippen molar-refractivity contribution in [1.82, 2.24) is 0 Å². The molecule has 42 heavy (non-hydrogen) atoms. The molecule has 3 heterocycles. The maximum absolute atomic E-state index is 10.5. The second kappa shape index (κ2) is 17.2. The highest BCUT2D eigenvalue weighted by Gasteiger charge is 2.51. The molecule has 0 amide bonds. The van der Waals surface area contributed by atoms with Crippen LogP contribution in [0, 0.1) is 0 Å². The Balaban J connectivity index is 1.74. The molecule has 1 N–H and O–H groups in total. The molecule has 0 aromatic heterocycles. The fourth-order valence-electron chi connectivity index (χ4n) is 6.11. The second-order valence-electron chi connectivity index (χ2n) is 10.3. The van der Waals surface area contributed by atoms with Gasteiger partial charge in [-0.05, 0) is 6.92 Å². The summed E-state index contributed by atoms with van der Waals surface area (Å²) in [6.07, 6.45) is -9.75. The lowest BCUT2D eigenvalue weighted by atomic mass is 9.97. The first-order valence-corrected chi connectivity index (χ1v) is 13.9. The van der Waals surface area contributed by atoms with Gasteiger partial charge in [-0.15, -0.1) is 0 Å². The molecular weight excluding hydrogens is 564 g/mol. The largest absolute Gasteiger partial charge is 0.376 e. The van der Waals surface area contributed by atoms with Crippen LogP contribution in [-0.2, 0) is 66.3 Å². The number of methoxy groups -OCH3 is 9. The van der Waals surface area contributed by atoms with Crippen molar-refractivity contribution in [3.05, 3.63) is 0 Å². The summed E-state index contributed by atoms with van der Waals surface area (Å²) in [5, 5.41) is 10.5. The lowest BCUT2D eigenvalue weighted by molar-refractivity contribution is -0.347. The summed E-state index contributed by atoms with van der Waals surface area (Å²) in [4.78, 5) is 0. The van der Waals surface area contributed by atoms with E-state index in [0.29, 0.717) is 0 Å². The Bertz CT molecular complexity index is 705. The summed E-state index contributed by atoms with van der Waals surface area (Å²) in [5.74, 6) is 0. The third-order valence-electron chi connectivity index (χ3n) is 8.23. The molecule has 15 nitrogen and oxygen atoms in total. The maximum atomic E-state index is 10.5. The minimum absolute atomic E-state index is 0.0268. The van der Waals surface area contributed by atoms with Gasteiger partial charge in [-0.2, -0.15) is 0 Å². The Hall–Kier alpha value is -0.600. The Morgan fingerprint density at radius 3 is 1.21 bits per heavy atom. The Morgan fingerprint density at radius 1 is 0.429 bits per heavy atom. The van der Waals surface area contributed by atoms with Crippen LogP contribution in [-0.4, -0.2) is 174 Å². The molecule has 3 saturated heterocycles. The number of hydrogen-bond acceptors (Lipinski definition) is 15. The highest BCUT2D eigenvalue weighted by atomic mass is 16.8. The van der Waals surface area contributed by atoms with Gasteiger partial charge in [0.15, 0.2) is 18.9 Å². The molecule has 0 bridgehead atoms. The molecule has 3 unspecified atom stereocenters. The SMILES string of the molecule is COC1[C@H](OC[C@H]2O[C@@H](OC[C@H]3O[C@@H](O)C(OC)[C@H](OC)[C@@H]3OC)C(OC)[C@H](OC)[C@@H]2OC)O[C@H](C)[C@@H](OC)[C@H]1OC. The van der Waals surface area contributed by atoms with Gasteiger partial charge < -0.3 is 71.4 Å². The van der Waals surface area contributed by atoms with Crippen molar-refractivity contribution in [2.45, 2.75) is 99.0 Å². The van der Waals surface area contributed by atoms with Crippen LogP contribution in [0.1, 0.15) is 6.92 Å². The van der Waals surface area contributed by atoms with E-state index in [1.54, 1.807) is 35.5 Å². The van der Waals surface area contributed by atoms with E-state index < -0.39 is 79.9 Å². The molecule has 3 fully saturated rings. The highest BCUT2D eigenvalue weighted by molar-refractivity contribution is 4.95. The third-order valence-corrected chi connectivity index (χ3v) is 8.23. The number of hydrogen-bond donors (Lipinski definition) is 1. The molecule has 0 spiro atoms. The average molecular weight is 615 g/mol. The minimum atomic E-state index is -1.25. The maximum Gasteiger partial charge on any atom is 0.187 e. The van der Waals surface area contributed by atoms with Gasteiger partial charge in [-0.1, -0.05) is 0 Å². The van der Waals surface area contributed by atoms with E-state index >= 15 is 0 Å². The summed E-state index contributed by atoms with van der Waals surface area (Å²) < 4.78 is 81.5. The standard InChI is InChI=1S/C27H50O15/c1-13-16(29-2)19(32-5)23(36-9)26(40-13)38-12-15-18(31-4)21(34-7)24(37-10)27(42-15)39-11-14-17(30-3)20(33-6)22(35-8)25(28)41-14/h13-28H,11-12H2,1-10H3/t13-,14-,15-,16-,17-,18-,19-,20-,21-,22?,23?,24?,25-,26-,27-/m1/s1. The van der Waals surface area contributed by atoms with Crippen molar-refractivity contribution in [2.24, 2.45) is 0 Å². The van der Waals surface area contributed by atoms with E-state index in [1.807, 2.05) is 6.92 Å². The lowest BCUT2D eigenvalue weighted by Crippen LogP contribution is -2.64. The fourth-order valence-corrected chi connectivity index (χ4v) is 6.11. The van der Waals surface area contributed by atoms with Gasteiger partial charge in [0, 0.05) is 64.0 Å². The Morgan fingerprint density at radius 2 is 0.786 bits per heavy atom. The smallest absolute Gasteiger partial charge is 0.187 e. The number of aliphatic hydroxyl groups excluding tert-OH is 1. The van der Waals surface area contributed by atoms with Crippen molar-refractivity contribution < 1.29 is 71.4 Å². The van der Waals surface area contributed by atoms with Crippen molar-refractivity contribution in [3.63, 3.8) is 0 Å². The Kier molecular flexibility index (Phi) is 14.7. The molecule has 0 radical (unpaired) electrons. The van der Waals surface area contributed by atoms with Crippen molar-refractivity contribution in [3.8, 4) is 0 Å². The quantitative estimate of drug-likeness (QED) is 0.249. The van der Waals surface area contributed by atoms with E-state index in [0.717, 1.165) is 0 Å². The van der Waals surface area contributed by atoms with E-state index in [1.165, 1.54) is 28.4 Å².